The van der Waals surface area contributed by atoms with E-state index in [1.54, 1.807) is 0 Å². The van der Waals surface area contributed by atoms with Crippen LogP contribution in [0.5, 0.6) is 0 Å². The molecule has 1 rings (SSSR count). The third-order valence-corrected chi connectivity index (χ3v) is 5.12. The lowest BCUT2D eigenvalue weighted by Crippen LogP contribution is -2.44. The molecule has 3 N–H and O–H groups in total. The molecule has 0 aliphatic carbocycles. The van der Waals surface area contributed by atoms with Crippen LogP contribution in [-0.4, -0.2) is 14.0 Å². The summed E-state index contributed by atoms with van der Waals surface area (Å²) in [6, 6.07) is 3.66. The molecular formula is C13H21FN2O2S. The topological polar surface area (TPSA) is 72.2 Å². The van der Waals surface area contributed by atoms with Crippen LogP contribution in [0, 0.1) is 5.82 Å². The highest BCUT2D eigenvalue weighted by Gasteiger charge is 2.27. The first kappa shape index (κ1) is 16.1. The fourth-order valence-corrected chi connectivity index (χ4v) is 3.25. The molecule has 0 aliphatic heterocycles. The first-order valence-corrected chi connectivity index (χ1v) is 7.78. The maximum absolute atomic E-state index is 13.3. The summed E-state index contributed by atoms with van der Waals surface area (Å²) in [6.07, 6.45) is 1.35. The Balaban J connectivity index is 3.14. The average molecular weight is 288 g/mol. The first-order chi connectivity index (χ1) is 8.78. The average Bonchev–Trinajstić information content (AvgIpc) is 2.38. The predicted octanol–water partition coefficient (Wildman–Crippen LogP) is 2.14. The van der Waals surface area contributed by atoms with Gasteiger partial charge in [-0.2, -0.15) is 0 Å². The largest absolute Gasteiger partial charge is 0.326 e. The summed E-state index contributed by atoms with van der Waals surface area (Å²) in [6.45, 7) is 5.65. The van der Waals surface area contributed by atoms with Gasteiger partial charge in [-0.05, 0) is 38.0 Å². The highest BCUT2D eigenvalue weighted by atomic mass is 32.2. The smallest absolute Gasteiger partial charge is 0.241 e. The van der Waals surface area contributed by atoms with E-state index in [2.05, 4.69) is 4.72 Å². The molecule has 0 spiro atoms. The Kier molecular flexibility index (Phi) is 5.06. The van der Waals surface area contributed by atoms with Crippen LogP contribution >= 0.6 is 0 Å². The number of nitrogens with one attached hydrogen (secondary N) is 1. The second-order valence-corrected chi connectivity index (χ2v) is 6.51. The Bertz CT molecular complexity index is 540. The lowest BCUT2D eigenvalue weighted by molar-refractivity contribution is 0.388. The zero-order chi connectivity index (χ0) is 14.7. The van der Waals surface area contributed by atoms with Gasteiger partial charge in [-0.25, -0.2) is 17.5 Å². The van der Waals surface area contributed by atoms with Gasteiger partial charge in [-0.1, -0.05) is 13.8 Å². The van der Waals surface area contributed by atoms with Crippen molar-refractivity contribution in [3.05, 3.63) is 29.6 Å². The minimum Gasteiger partial charge on any atom is -0.326 e. The van der Waals surface area contributed by atoms with Gasteiger partial charge in [0.15, 0.2) is 0 Å². The number of benzene rings is 1. The molecule has 0 amide bonds. The first-order valence-electron chi connectivity index (χ1n) is 6.30. The Morgan fingerprint density at radius 3 is 2.37 bits per heavy atom. The molecule has 1 aromatic rings. The van der Waals surface area contributed by atoms with Crippen LogP contribution in [0.1, 0.15) is 39.2 Å². The van der Waals surface area contributed by atoms with Crippen molar-refractivity contribution < 1.29 is 12.8 Å². The van der Waals surface area contributed by atoms with Crippen molar-refractivity contribution in [1.82, 2.24) is 4.72 Å². The molecule has 4 nitrogen and oxygen atoms in total. The van der Waals surface area contributed by atoms with Gasteiger partial charge in [0, 0.05) is 17.6 Å². The van der Waals surface area contributed by atoms with Gasteiger partial charge in [0.25, 0.3) is 0 Å². The van der Waals surface area contributed by atoms with Crippen LogP contribution in [0.3, 0.4) is 0 Å². The summed E-state index contributed by atoms with van der Waals surface area (Å²) in [5.74, 6) is -0.491. The summed E-state index contributed by atoms with van der Waals surface area (Å²) in [7, 11) is -3.66. The molecule has 1 aromatic carbocycles. The van der Waals surface area contributed by atoms with Crippen LogP contribution in [-0.2, 0) is 16.6 Å². The van der Waals surface area contributed by atoms with Crippen molar-refractivity contribution in [1.29, 1.82) is 0 Å². The molecule has 19 heavy (non-hydrogen) atoms. The Morgan fingerprint density at radius 2 is 1.89 bits per heavy atom. The number of sulfonamides is 1. The van der Waals surface area contributed by atoms with E-state index < -0.39 is 21.4 Å². The van der Waals surface area contributed by atoms with Crippen LogP contribution in [0.4, 0.5) is 4.39 Å². The fraction of sp³-hybridized carbons (Fsp3) is 0.538. The molecule has 0 fully saturated rings. The second kappa shape index (κ2) is 5.98. The summed E-state index contributed by atoms with van der Waals surface area (Å²) >= 11 is 0. The molecule has 0 aromatic heterocycles. The van der Waals surface area contributed by atoms with Crippen molar-refractivity contribution in [2.75, 3.05) is 0 Å². The van der Waals surface area contributed by atoms with Gasteiger partial charge < -0.3 is 5.73 Å². The lowest BCUT2D eigenvalue weighted by Gasteiger charge is -2.27. The van der Waals surface area contributed by atoms with Crippen molar-refractivity contribution in [2.24, 2.45) is 5.73 Å². The van der Waals surface area contributed by atoms with Crippen LogP contribution in [0.15, 0.2) is 23.1 Å². The van der Waals surface area contributed by atoms with Gasteiger partial charge in [-0.15, -0.1) is 0 Å². The van der Waals surface area contributed by atoms with Crippen LogP contribution < -0.4 is 10.5 Å². The third kappa shape index (κ3) is 3.75. The van der Waals surface area contributed by atoms with Crippen molar-refractivity contribution >= 4 is 10.0 Å². The highest BCUT2D eigenvalue weighted by molar-refractivity contribution is 7.89. The van der Waals surface area contributed by atoms with E-state index in [9.17, 15) is 12.8 Å². The molecule has 0 saturated heterocycles. The quantitative estimate of drug-likeness (QED) is 0.842. The highest BCUT2D eigenvalue weighted by Crippen LogP contribution is 2.20. The van der Waals surface area contributed by atoms with Gasteiger partial charge in [0.1, 0.15) is 5.82 Å². The van der Waals surface area contributed by atoms with Crippen LogP contribution in [0.25, 0.3) is 0 Å². The van der Waals surface area contributed by atoms with Crippen molar-refractivity contribution in [2.45, 2.75) is 50.6 Å². The molecule has 0 unspecified atom stereocenters. The summed E-state index contributed by atoms with van der Waals surface area (Å²) < 4.78 is 40.5. The Labute approximate surface area is 114 Å². The second-order valence-electron chi connectivity index (χ2n) is 4.83. The zero-order valence-electron chi connectivity index (χ0n) is 11.5. The van der Waals surface area contributed by atoms with Crippen molar-refractivity contribution in [3.63, 3.8) is 0 Å². The molecule has 0 heterocycles. The Morgan fingerprint density at radius 1 is 1.32 bits per heavy atom. The van der Waals surface area contributed by atoms with E-state index in [-0.39, 0.29) is 17.0 Å². The van der Waals surface area contributed by atoms with Gasteiger partial charge >= 0.3 is 0 Å². The van der Waals surface area contributed by atoms with Gasteiger partial charge in [0.05, 0.1) is 4.90 Å². The van der Waals surface area contributed by atoms with E-state index in [1.807, 2.05) is 20.8 Å². The minimum atomic E-state index is -3.66. The third-order valence-electron chi connectivity index (χ3n) is 3.49. The number of hydrogen-bond donors (Lipinski definition) is 2. The number of rotatable bonds is 6. The number of hydrogen-bond acceptors (Lipinski definition) is 3. The van der Waals surface area contributed by atoms with E-state index in [1.165, 1.54) is 12.1 Å². The maximum Gasteiger partial charge on any atom is 0.241 e. The SMILES string of the molecule is CCC(C)(CC)NS(=O)(=O)c1ccc(F)c(CN)c1. The zero-order valence-corrected chi connectivity index (χ0v) is 12.3. The van der Waals surface area contributed by atoms with E-state index in [0.717, 1.165) is 6.07 Å². The van der Waals surface area contributed by atoms with E-state index in [0.29, 0.717) is 12.8 Å². The molecule has 0 bridgehead atoms. The Hall–Kier alpha value is -0.980. The maximum atomic E-state index is 13.3. The lowest BCUT2D eigenvalue weighted by atomic mass is 9.98. The fourth-order valence-electron chi connectivity index (χ4n) is 1.65. The monoisotopic (exact) mass is 288 g/mol. The van der Waals surface area contributed by atoms with Crippen molar-refractivity contribution in [3.8, 4) is 0 Å². The van der Waals surface area contributed by atoms with E-state index in [4.69, 9.17) is 5.73 Å². The summed E-state index contributed by atoms with van der Waals surface area (Å²) in [5.41, 5.74) is 5.08. The molecular weight excluding hydrogens is 267 g/mol. The number of halogens is 1. The van der Waals surface area contributed by atoms with Crippen LogP contribution in [0.2, 0.25) is 0 Å². The molecule has 0 aliphatic rings. The van der Waals surface area contributed by atoms with E-state index >= 15 is 0 Å². The van der Waals surface area contributed by atoms with Gasteiger partial charge in [-0.3, -0.25) is 0 Å². The number of nitrogens with two attached hydrogens (primary N) is 1. The normalized spacial score (nSPS) is 12.7. The summed E-state index contributed by atoms with van der Waals surface area (Å²) in [4.78, 5) is 0.0440. The molecule has 0 atom stereocenters. The summed E-state index contributed by atoms with van der Waals surface area (Å²) in [5, 5.41) is 0. The predicted molar refractivity (Wildman–Crippen MR) is 73.6 cm³/mol. The molecule has 108 valence electrons. The molecule has 6 heteroatoms. The molecule has 0 radical (unpaired) electrons. The van der Waals surface area contributed by atoms with Gasteiger partial charge in [0.2, 0.25) is 10.0 Å². The standard InChI is InChI=1S/C13H21FN2O2S/c1-4-13(3,5-2)16-19(17,18)11-6-7-12(14)10(8-11)9-15/h6-8,16H,4-5,9,15H2,1-3H3. The minimum absolute atomic E-state index is 0.0337. The molecule has 0 saturated carbocycles.